The highest BCUT2D eigenvalue weighted by molar-refractivity contribution is 5.92. The minimum atomic E-state index is -0.323. The van der Waals surface area contributed by atoms with Gasteiger partial charge in [0.25, 0.3) is 0 Å². The largest absolute Gasteiger partial charge is 0.491 e. The third kappa shape index (κ3) is 6.86. The van der Waals surface area contributed by atoms with Crippen LogP contribution >= 0.6 is 0 Å². The zero-order valence-corrected chi connectivity index (χ0v) is 15.1. The predicted molar refractivity (Wildman–Crippen MR) is 94.7 cm³/mol. The van der Waals surface area contributed by atoms with E-state index in [0.717, 1.165) is 11.3 Å². The van der Waals surface area contributed by atoms with Gasteiger partial charge >= 0.3 is 5.97 Å². The summed E-state index contributed by atoms with van der Waals surface area (Å²) in [6, 6.07) is 7.57. The molecule has 0 unspecified atom stereocenters. The molecule has 0 saturated carbocycles. The Kier molecular flexibility index (Phi) is 8.02. The molecule has 0 radical (unpaired) electrons. The Balaban J connectivity index is 2.75. The summed E-state index contributed by atoms with van der Waals surface area (Å²) in [5.74, 6) is 0.311. The fraction of sp³-hybridized carbons (Fsp3) is 0.474. The van der Waals surface area contributed by atoms with Gasteiger partial charge in [0.1, 0.15) is 5.75 Å². The Morgan fingerprint density at radius 2 is 1.92 bits per heavy atom. The van der Waals surface area contributed by atoms with E-state index < -0.39 is 0 Å². The van der Waals surface area contributed by atoms with Gasteiger partial charge in [-0.25, -0.2) is 0 Å². The summed E-state index contributed by atoms with van der Waals surface area (Å²) in [7, 11) is 1.34. The predicted octanol–water partition coefficient (Wildman–Crippen LogP) is 3.29. The van der Waals surface area contributed by atoms with Gasteiger partial charge in [-0.05, 0) is 51.5 Å². The molecule has 0 aliphatic rings. The summed E-state index contributed by atoms with van der Waals surface area (Å²) in [5.41, 5.74) is 0.887. The Morgan fingerprint density at radius 3 is 2.50 bits per heavy atom. The molecule has 5 heteroatoms. The van der Waals surface area contributed by atoms with E-state index >= 15 is 0 Å². The van der Waals surface area contributed by atoms with Crippen LogP contribution in [0.5, 0.6) is 5.75 Å². The average molecular weight is 333 g/mol. The Morgan fingerprint density at radius 1 is 1.21 bits per heavy atom. The Labute approximate surface area is 144 Å². The molecule has 0 aliphatic carbocycles. The van der Waals surface area contributed by atoms with Crippen molar-refractivity contribution in [1.82, 2.24) is 4.90 Å². The number of methoxy groups -OCH3 is 1. The average Bonchev–Trinajstić information content (AvgIpc) is 2.52. The molecule has 0 heterocycles. The molecule has 132 valence electrons. The summed E-state index contributed by atoms with van der Waals surface area (Å²) >= 11 is 0. The van der Waals surface area contributed by atoms with Crippen LogP contribution in [0.15, 0.2) is 30.3 Å². The number of carbonyl (C=O) groups excluding carboxylic acids is 2. The maximum Gasteiger partial charge on any atom is 0.307 e. The van der Waals surface area contributed by atoms with E-state index in [1.165, 1.54) is 13.2 Å². The van der Waals surface area contributed by atoms with E-state index in [1.54, 1.807) is 11.0 Å². The molecule has 1 amide bonds. The standard InChI is InChI=1S/C19H27NO4/c1-14(2)20(12-11-19(22)23-5)18(21)10-9-16-7-6-8-17(13-16)24-15(3)4/h6-10,13-15H,11-12H2,1-5H3/b10-9+. The highest BCUT2D eigenvalue weighted by atomic mass is 16.5. The van der Waals surface area contributed by atoms with E-state index in [-0.39, 0.29) is 30.4 Å². The first-order chi connectivity index (χ1) is 11.3. The van der Waals surface area contributed by atoms with Gasteiger partial charge in [0.15, 0.2) is 0 Å². The van der Waals surface area contributed by atoms with Crippen molar-refractivity contribution in [2.75, 3.05) is 13.7 Å². The van der Waals surface area contributed by atoms with Crippen LogP contribution in [-0.4, -0.2) is 42.6 Å². The Hall–Kier alpha value is -2.30. The lowest BCUT2D eigenvalue weighted by molar-refractivity contribution is -0.141. The van der Waals surface area contributed by atoms with Crippen LogP contribution < -0.4 is 4.74 Å². The fourth-order valence-electron chi connectivity index (χ4n) is 2.16. The lowest BCUT2D eigenvalue weighted by Gasteiger charge is -2.25. The van der Waals surface area contributed by atoms with Crippen LogP contribution in [-0.2, 0) is 14.3 Å². The number of ether oxygens (including phenoxy) is 2. The van der Waals surface area contributed by atoms with Gasteiger partial charge in [0.05, 0.1) is 19.6 Å². The summed E-state index contributed by atoms with van der Waals surface area (Å²) in [4.78, 5) is 25.3. The van der Waals surface area contributed by atoms with Crippen molar-refractivity contribution in [2.24, 2.45) is 0 Å². The summed E-state index contributed by atoms with van der Waals surface area (Å²) in [6.45, 7) is 8.10. The highest BCUT2D eigenvalue weighted by Crippen LogP contribution is 2.16. The maximum atomic E-state index is 12.4. The molecule has 0 fully saturated rings. The number of hydrogen-bond donors (Lipinski definition) is 0. The number of esters is 1. The van der Waals surface area contributed by atoms with E-state index in [4.69, 9.17) is 4.74 Å². The van der Waals surface area contributed by atoms with Crippen LogP contribution in [0.25, 0.3) is 6.08 Å². The molecule has 0 spiro atoms. The monoisotopic (exact) mass is 333 g/mol. The van der Waals surface area contributed by atoms with Crippen LogP contribution in [0.4, 0.5) is 0 Å². The number of amides is 1. The van der Waals surface area contributed by atoms with E-state index in [1.807, 2.05) is 52.0 Å². The van der Waals surface area contributed by atoms with E-state index in [2.05, 4.69) is 4.74 Å². The molecule has 5 nitrogen and oxygen atoms in total. The minimum Gasteiger partial charge on any atom is -0.491 e. The van der Waals surface area contributed by atoms with Crippen molar-refractivity contribution in [3.05, 3.63) is 35.9 Å². The zero-order chi connectivity index (χ0) is 18.1. The molecule has 1 rings (SSSR count). The molecule has 24 heavy (non-hydrogen) atoms. The molecular formula is C19H27NO4. The number of hydrogen-bond acceptors (Lipinski definition) is 4. The van der Waals surface area contributed by atoms with Gasteiger partial charge < -0.3 is 14.4 Å². The molecule has 1 aromatic carbocycles. The maximum absolute atomic E-state index is 12.4. The second-order valence-corrected chi connectivity index (χ2v) is 6.02. The van der Waals surface area contributed by atoms with E-state index in [9.17, 15) is 9.59 Å². The van der Waals surface area contributed by atoms with Gasteiger partial charge in [-0.1, -0.05) is 12.1 Å². The second-order valence-electron chi connectivity index (χ2n) is 6.02. The summed E-state index contributed by atoms with van der Waals surface area (Å²) < 4.78 is 10.3. The van der Waals surface area contributed by atoms with Crippen LogP contribution in [0.1, 0.15) is 39.7 Å². The molecular weight excluding hydrogens is 306 g/mol. The third-order valence-corrected chi connectivity index (χ3v) is 3.34. The minimum absolute atomic E-state index is 0.00224. The SMILES string of the molecule is COC(=O)CCN(C(=O)/C=C/c1cccc(OC(C)C)c1)C(C)C. The Bertz CT molecular complexity index is 578. The second kappa shape index (κ2) is 9.75. The molecule has 0 N–H and O–H groups in total. The molecule has 0 saturated heterocycles. The van der Waals surface area contributed by atoms with Crippen molar-refractivity contribution >= 4 is 18.0 Å². The first kappa shape index (κ1) is 19.7. The molecule has 0 atom stereocenters. The lowest BCUT2D eigenvalue weighted by Crippen LogP contribution is -2.37. The molecule has 0 aliphatic heterocycles. The number of nitrogens with zero attached hydrogens (tertiary/aromatic N) is 1. The molecule has 1 aromatic rings. The van der Waals surface area contributed by atoms with E-state index in [0.29, 0.717) is 6.54 Å². The van der Waals surface area contributed by atoms with Crippen molar-refractivity contribution in [2.45, 2.75) is 46.3 Å². The number of benzene rings is 1. The number of rotatable bonds is 8. The quantitative estimate of drug-likeness (QED) is 0.541. The zero-order valence-electron chi connectivity index (χ0n) is 15.1. The van der Waals surface area contributed by atoms with Crippen LogP contribution in [0.2, 0.25) is 0 Å². The van der Waals surface area contributed by atoms with Crippen LogP contribution in [0.3, 0.4) is 0 Å². The van der Waals surface area contributed by atoms with Gasteiger partial charge in [-0.15, -0.1) is 0 Å². The van der Waals surface area contributed by atoms with Crippen molar-refractivity contribution in [1.29, 1.82) is 0 Å². The first-order valence-electron chi connectivity index (χ1n) is 8.15. The van der Waals surface area contributed by atoms with Gasteiger partial charge in [0, 0.05) is 18.7 Å². The van der Waals surface area contributed by atoms with Gasteiger partial charge in [-0.3, -0.25) is 9.59 Å². The molecule has 0 bridgehead atoms. The summed E-state index contributed by atoms with van der Waals surface area (Å²) in [5, 5.41) is 0. The van der Waals surface area contributed by atoms with Crippen molar-refractivity contribution in [3.63, 3.8) is 0 Å². The topological polar surface area (TPSA) is 55.8 Å². The molecule has 0 aromatic heterocycles. The lowest BCUT2D eigenvalue weighted by atomic mass is 10.2. The highest BCUT2D eigenvalue weighted by Gasteiger charge is 2.16. The first-order valence-corrected chi connectivity index (χ1v) is 8.15. The van der Waals surface area contributed by atoms with Gasteiger partial charge in [-0.2, -0.15) is 0 Å². The van der Waals surface area contributed by atoms with Crippen LogP contribution in [0, 0.1) is 0 Å². The smallest absolute Gasteiger partial charge is 0.307 e. The van der Waals surface area contributed by atoms with Crippen molar-refractivity contribution < 1.29 is 19.1 Å². The van der Waals surface area contributed by atoms with Gasteiger partial charge in [0.2, 0.25) is 5.91 Å². The third-order valence-electron chi connectivity index (χ3n) is 3.34. The number of carbonyl (C=O) groups is 2. The normalized spacial score (nSPS) is 11.1. The fourth-order valence-corrected chi connectivity index (χ4v) is 2.16. The van der Waals surface area contributed by atoms with Crippen molar-refractivity contribution in [3.8, 4) is 5.75 Å². The summed E-state index contributed by atoms with van der Waals surface area (Å²) in [6.07, 6.45) is 3.56.